The van der Waals surface area contributed by atoms with E-state index < -0.39 is 0 Å². The van der Waals surface area contributed by atoms with Crippen LogP contribution >= 0.6 is 0 Å². The molecule has 5 N–H and O–H groups in total. The number of aromatic nitrogens is 4. The van der Waals surface area contributed by atoms with Gasteiger partial charge in [0, 0.05) is 40.9 Å². The third kappa shape index (κ3) is 2.75. The first-order chi connectivity index (χ1) is 13.7. The number of rotatable bonds is 4. The number of nitrogens with one attached hydrogen (secondary N) is 3. The molecule has 0 aliphatic carbocycles. The van der Waals surface area contributed by atoms with Crippen LogP contribution in [0.4, 0.5) is 11.8 Å². The Labute approximate surface area is 161 Å². The van der Waals surface area contributed by atoms with Gasteiger partial charge in [-0.1, -0.05) is 24.3 Å². The Morgan fingerprint density at radius 1 is 0.964 bits per heavy atom. The van der Waals surface area contributed by atoms with Crippen LogP contribution in [0, 0.1) is 6.92 Å². The van der Waals surface area contributed by atoms with E-state index in [1.165, 1.54) is 5.39 Å². The predicted molar refractivity (Wildman–Crippen MR) is 114 cm³/mol. The maximum absolute atomic E-state index is 5.96. The molecule has 6 heteroatoms. The van der Waals surface area contributed by atoms with Crippen LogP contribution in [0.15, 0.2) is 60.9 Å². The Bertz CT molecular complexity index is 1300. The van der Waals surface area contributed by atoms with Crippen molar-refractivity contribution >= 4 is 33.6 Å². The van der Waals surface area contributed by atoms with Gasteiger partial charge in [0.25, 0.3) is 0 Å². The summed E-state index contributed by atoms with van der Waals surface area (Å²) in [5.41, 5.74) is 12.2. The third-order valence-electron chi connectivity index (χ3n) is 5.05. The van der Waals surface area contributed by atoms with E-state index in [0.29, 0.717) is 6.54 Å². The molecule has 0 unspecified atom stereocenters. The van der Waals surface area contributed by atoms with Crippen LogP contribution in [-0.4, -0.2) is 19.9 Å². The summed E-state index contributed by atoms with van der Waals surface area (Å²) in [7, 11) is 0. The van der Waals surface area contributed by atoms with Gasteiger partial charge in [-0.3, -0.25) is 0 Å². The third-order valence-corrected chi connectivity index (χ3v) is 5.05. The summed E-state index contributed by atoms with van der Waals surface area (Å²) in [6, 6.07) is 16.7. The number of benzene rings is 2. The normalized spacial score (nSPS) is 11.3. The molecular formula is C22H20N6. The first kappa shape index (κ1) is 16.4. The van der Waals surface area contributed by atoms with Crippen LogP contribution < -0.4 is 11.1 Å². The van der Waals surface area contributed by atoms with E-state index in [2.05, 4.69) is 67.7 Å². The van der Waals surface area contributed by atoms with Gasteiger partial charge in [0.05, 0.1) is 5.69 Å². The average molecular weight is 368 g/mol. The molecule has 5 rings (SSSR count). The molecule has 0 spiro atoms. The zero-order valence-electron chi connectivity index (χ0n) is 15.5. The van der Waals surface area contributed by atoms with Crippen LogP contribution in [0.25, 0.3) is 32.9 Å². The molecule has 0 saturated heterocycles. The highest BCUT2D eigenvalue weighted by Crippen LogP contribution is 2.35. The second kappa shape index (κ2) is 6.42. The Kier molecular flexibility index (Phi) is 3.76. The van der Waals surface area contributed by atoms with Crippen molar-refractivity contribution in [3.8, 4) is 11.1 Å². The molecule has 0 radical (unpaired) electrons. The largest absolute Gasteiger partial charge is 0.368 e. The smallest absolute Gasteiger partial charge is 0.222 e. The zero-order valence-corrected chi connectivity index (χ0v) is 15.5. The number of H-pyrrole nitrogens is 2. The van der Waals surface area contributed by atoms with Crippen molar-refractivity contribution in [3.63, 3.8) is 0 Å². The van der Waals surface area contributed by atoms with Gasteiger partial charge in [0.15, 0.2) is 0 Å². The average Bonchev–Trinajstić information content (AvgIpc) is 3.34. The molecule has 3 aromatic heterocycles. The fourth-order valence-electron chi connectivity index (χ4n) is 3.74. The molecule has 0 fully saturated rings. The number of aromatic amines is 2. The van der Waals surface area contributed by atoms with Gasteiger partial charge in [-0.25, -0.2) is 4.98 Å². The summed E-state index contributed by atoms with van der Waals surface area (Å²) in [5.74, 6) is 1.01. The monoisotopic (exact) mass is 368 g/mol. The number of nitrogen functional groups attached to an aromatic ring is 1. The van der Waals surface area contributed by atoms with Crippen molar-refractivity contribution in [2.75, 3.05) is 11.1 Å². The topological polar surface area (TPSA) is 95.4 Å². The van der Waals surface area contributed by atoms with E-state index in [4.69, 9.17) is 5.73 Å². The minimum absolute atomic E-state index is 0.268. The second-order valence-corrected chi connectivity index (χ2v) is 6.89. The molecule has 6 nitrogen and oxygen atoms in total. The lowest BCUT2D eigenvalue weighted by molar-refractivity contribution is 1.07. The molecule has 0 aliphatic heterocycles. The van der Waals surface area contributed by atoms with Crippen LogP contribution in [0.1, 0.15) is 11.3 Å². The van der Waals surface area contributed by atoms with Crippen LogP contribution in [-0.2, 0) is 6.54 Å². The molecule has 0 atom stereocenters. The summed E-state index contributed by atoms with van der Waals surface area (Å²) in [4.78, 5) is 15.4. The summed E-state index contributed by atoms with van der Waals surface area (Å²) < 4.78 is 0. The van der Waals surface area contributed by atoms with E-state index in [1.54, 1.807) is 0 Å². The highest BCUT2D eigenvalue weighted by molar-refractivity contribution is 5.98. The second-order valence-electron chi connectivity index (χ2n) is 6.89. The molecule has 3 heterocycles. The lowest BCUT2D eigenvalue weighted by Crippen LogP contribution is -2.08. The van der Waals surface area contributed by atoms with Gasteiger partial charge in [-0.15, -0.1) is 0 Å². The number of nitrogens with two attached hydrogens (primary N) is 1. The van der Waals surface area contributed by atoms with Gasteiger partial charge in [0.2, 0.25) is 5.95 Å². The lowest BCUT2D eigenvalue weighted by Gasteiger charge is -2.15. The molecule has 138 valence electrons. The van der Waals surface area contributed by atoms with E-state index in [9.17, 15) is 0 Å². The van der Waals surface area contributed by atoms with E-state index >= 15 is 0 Å². The van der Waals surface area contributed by atoms with Gasteiger partial charge in [-0.2, -0.15) is 4.98 Å². The first-order valence-corrected chi connectivity index (χ1v) is 9.19. The molecule has 2 aromatic carbocycles. The maximum atomic E-state index is 5.96. The van der Waals surface area contributed by atoms with E-state index in [0.717, 1.165) is 44.6 Å². The van der Waals surface area contributed by atoms with Gasteiger partial charge < -0.3 is 21.0 Å². The summed E-state index contributed by atoms with van der Waals surface area (Å²) in [6.07, 6.45) is 3.90. The number of hydrogen-bond acceptors (Lipinski definition) is 4. The van der Waals surface area contributed by atoms with Crippen LogP contribution in [0.2, 0.25) is 0 Å². The summed E-state index contributed by atoms with van der Waals surface area (Å²) >= 11 is 0. The SMILES string of the molecule is Cc1nc(N)nc(NCc2ccc3cc[nH]c3c2)c1-c1cccc2[nH]ccc12. The van der Waals surface area contributed by atoms with Gasteiger partial charge >= 0.3 is 0 Å². The number of anilines is 2. The Morgan fingerprint density at radius 2 is 1.82 bits per heavy atom. The van der Waals surface area contributed by atoms with Crippen LogP contribution in [0.3, 0.4) is 0 Å². The Hall–Kier alpha value is -3.80. The maximum Gasteiger partial charge on any atom is 0.222 e. The van der Waals surface area contributed by atoms with Crippen molar-refractivity contribution in [3.05, 3.63) is 72.2 Å². The predicted octanol–water partition coefficient (Wildman–Crippen LogP) is 4.61. The Morgan fingerprint density at radius 3 is 2.75 bits per heavy atom. The summed E-state index contributed by atoms with van der Waals surface area (Å²) in [5, 5.41) is 5.80. The lowest BCUT2D eigenvalue weighted by atomic mass is 10.0. The number of hydrogen-bond donors (Lipinski definition) is 4. The minimum Gasteiger partial charge on any atom is -0.368 e. The zero-order chi connectivity index (χ0) is 19.1. The summed E-state index contributed by atoms with van der Waals surface area (Å²) in [6.45, 7) is 2.61. The van der Waals surface area contributed by atoms with E-state index in [-0.39, 0.29) is 5.95 Å². The van der Waals surface area contributed by atoms with Gasteiger partial charge in [-0.05, 0) is 47.7 Å². The Balaban J connectivity index is 1.56. The van der Waals surface area contributed by atoms with Gasteiger partial charge in [0.1, 0.15) is 5.82 Å². The highest BCUT2D eigenvalue weighted by atomic mass is 15.1. The van der Waals surface area contributed by atoms with Crippen molar-refractivity contribution in [1.29, 1.82) is 0 Å². The molecule has 5 aromatic rings. The molecule has 0 amide bonds. The van der Waals surface area contributed by atoms with Crippen molar-refractivity contribution in [1.82, 2.24) is 19.9 Å². The molecule has 0 saturated carbocycles. The number of fused-ring (bicyclic) bond motifs is 2. The van der Waals surface area contributed by atoms with Crippen molar-refractivity contribution < 1.29 is 0 Å². The fraction of sp³-hybridized carbons (Fsp3) is 0.0909. The standard InChI is InChI=1S/C22H20N6/c1-13-20(17-3-2-4-18-16(17)8-10-24-18)21(28-22(23)27-13)26-12-14-5-6-15-7-9-25-19(15)11-14/h2-11,24-25H,12H2,1H3,(H3,23,26,27,28). The van der Waals surface area contributed by atoms with Crippen molar-refractivity contribution in [2.24, 2.45) is 0 Å². The van der Waals surface area contributed by atoms with Crippen LogP contribution in [0.5, 0.6) is 0 Å². The molecule has 0 bridgehead atoms. The highest BCUT2D eigenvalue weighted by Gasteiger charge is 2.15. The van der Waals surface area contributed by atoms with Crippen molar-refractivity contribution in [2.45, 2.75) is 13.5 Å². The number of nitrogens with zero attached hydrogens (tertiary/aromatic N) is 2. The molecular weight excluding hydrogens is 348 g/mol. The first-order valence-electron chi connectivity index (χ1n) is 9.19. The number of aryl methyl sites for hydroxylation is 1. The quantitative estimate of drug-likeness (QED) is 0.372. The molecule has 0 aliphatic rings. The fourth-order valence-corrected chi connectivity index (χ4v) is 3.74. The molecule has 28 heavy (non-hydrogen) atoms. The van der Waals surface area contributed by atoms with E-state index in [1.807, 2.05) is 25.4 Å². The minimum atomic E-state index is 0.268.